The van der Waals surface area contributed by atoms with E-state index in [0.717, 1.165) is 24.3 Å². The lowest BCUT2D eigenvalue weighted by Gasteiger charge is -2.31. The van der Waals surface area contributed by atoms with Crippen LogP contribution in [0.2, 0.25) is 0 Å². The number of esters is 1. The van der Waals surface area contributed by atoms with Gasteiger partial charge in [0, 0.05) is 18.7 Å². The first kappa shape index (κ1) is 24.1. The predicted octanol–water partition coefficient (Wildman–Crippen LogP) is 2.79. The molecule has 10 nitrogen and oxygen atoms in total. The van der Waals surface area contributed by atoms with Crippen LogP contribution in [0.25, 0.3) is 11.2 Å². The number of carbonyl (C=O) groups excluding carboxylic acids is 3. The van der Waals surface area contributed by atoms with Gasteiger partial charge < -0.3 is 19.9 Å². The molecule has 3 heterocycles. The largest absolute Gasteiger partial charge is 0.452 e. The highest BCUT2D eigenvalue weighted by Gasteiger charge is 2.32. The number of aromatic amines is 1. The summed E-state index contributed by atoms with van der Waals surface area (Å²) in [6.07, 6.45) is -2.31. The van der Waals surface area contributed by atoms with Crippen LogP contribution in [0.3, 0.4) is 0 Å². The first-order chi connectivity index (χ1) is 16.6. The third kappa shape index (κ3) is 5.39. The Balaban J connectivity index is 1.28. The molecule has 0 aliphatic carbocycles. The van der Waals surface area contributed by atoms with Gasteiger partial charge in [0.25, 0.3) is 11.8 Å². The van der Waals surface area contributed by atoms with Gasteiger partial charge in [-0.05, 0) is 44.0 Å². The van der Waals surface area contributed by atoms with Gasteiger partial charge >= 0.3 is 12.1 Å². The summed E-state index contributed by atoms with van der Waals surface area (Å²) in [4.78, 5) is 53.9. The number of hydrogen-bond donors (Lipinski definition) is 2. The first-order valence-corrected chi connectivity index (χ1v) is 10.8. The minimum Gasteiger partial charge on any atom is -0.452 e. The Hall–Kier alpha value is -4.03. The number of amides is 2. The predicted molar refractivity (Wildman–Crippen MR) is 116 cm³/mol. The second-order valence-corrected chi connectivity index (χ2v) is 8.03. The maximum absolute atomic E-state index is 12.7. The summed E-state index contributed by atoms with van der Waals surface area (Å²) in [5, 5.41) is 2.57. The molecule has 1 aromatic carbocycles. The number of alkyl halides is 3. The number of H-pyrrole nitrogens is 1. The second kappa shape index (κ2) is 9.68. The van der Waals surface area contributed by atoms with Gasteiger partial charge in [-0.25, -0.2) is 15.0 Å². The Morgan fingerprint density at radius 3 is 2.46 bits per heavy atom. The van der Waals surface area contributed by atoms with Crippen LogP contribution in [0.5, 0.6) is 0 Å². The molecule has 0 spiro atoms. The Labute approximate surface area is 196 Å². The minimum atomic E-state index is -4.48. The van der Waals surface area contributed by atoms with Crippen LogP contribution >= 0.6 is 0 Å². The Kier molecular flexibility index (Phi) is 6.67. The molecular formula is C22H21F3N6O4. The maximum atomic E-state index is 12.7. The second-order valence-electron chi connectivity index (χ2n) is 8.03. The van der Waals surface area contributed by atoms with Gasteiger partial charge in [-0.3, -0.25) is 14.4 Å². The summed E-state index contributed by atoms with van der Waals surface area (Å²) in [6.45, 7) is 1.90. The summed E-state index contributed by atoms with van der Waals surface area (Å²) in [6, 6.07) is 4.01. The number of halogens is 3. The molecule has 1 aliphatic heterocycles. The number of anilines is 1. The zero-order valence-electron chi connectivity index (χ0n) is 18.5. The number of fused-ring (bicyclic) bond motifs is 1. The van der Waals surface area contributed by atoms with Crippen molar-refractivity contribution in [3.63, 3.8) is 0 Å². The van der Waals surface area contributed by atoms with Crippen LogP contribution in [0.15, 0.2) is 36.9 Å². The van der Waals surface area contributed by atoms with Crippen LogP contribution in [-0.4, -0.2) is 61.8 Å². The third-order valence-electron chi connectivity index (χ3n) is 5.70. The Morgan fingerprint density at radius 1 is 1.11 bits per heavy atom. The fourth-order valence-electron chi connectivity index (χ4n) is 3.70. The Morgan fingerprint density at radius 2 is 1.80 bits per heavy atom. The fourth-order valence-corrected chi connectivity index (χ4v) is 3.70. The fraction of sp³-hybridized carbons (Fsp3) is 0.364. The molecule has 1 atom stereocenters. The van der Waals surface area contributed by atoms with Crippen LogP contribution in [-0.2, 0) is 20.5 Å². The molecule has 2 aromatic heterocycles. The number of benzene rings is 1. The van der Waals surface area contributed by atoms with Crippen LogP contribution < -0.4 is 5.32 Å². The van der Waals surface area contributed by atoms with E-state index in [1.54, 1.807) is 0 Å². The molecule has 13 heteroatoms. The zero-order chi connectivity index (χ0) is 25.2. The zero-order valence-corrected chi connectivity index (χ0v) is 18.5. The average molecular weight is 490 g/mol. The molecule has 3 aromatic rings. The number of aromatic nitrogens is 4. The molecule has 0 saturated carbocycles. The molecule has 0 bridgehead atoms. The number of piperidine rings is 1. The molecule has 2 amide bonds. The molecule has 1 unspecified atom stereocenters. The van der Waals surface area contributed by atoms with Crippen LogP contribution in [0.4, 0.5) is 19.0 Å². The molecule has 35 heavy (non-hydrogen) atoms. The Bertz CT molecular complexity index is 1240. The van der Waals surface area contributed by atoms with Crippen LogP contribution in [0.1, 0.15) is 35.7 Å². The van der Waals surface area contributed by atoms with E-state index in [1.807, 2.05) is 0 Å². The molecular weight excluding hydrogens is 469 g/mol. The lowest BCUT2D eigenvalue weighted by Crippen LogP contribution is -2.41. The van der Waals surface area contributed by atoms with E-state index in [2.05, 4.69) is 25.3 Å². The number of nitrogens with zero attached hydrogens (tertiary/aromatic N) is 4. The quantitative estimate of drug-likeness (QED) is 0.526. The van der Waals surface area contributed by atoms with Crippen molar-refractivity contribution in [3.8, 4) is 0 Å². The van der Waals surface area contributed by atoms with E-state index in [0.29, 0.717) is 24.0 Å². The number of nitrogens with one attached hydrogen (secondary N) is 2. The van der Waals surface area contributed by atoms with Gasteiger partial charge in [-0.2, -0.15) is 13.2 Å². The van der Waals surface area contributed by atoms with Crippen molar-refractivity contribution < 1.29 is 32.3 Å². The van der Waals surface area contributed by atoms with Crippen LogP contribution in [0, 0.1) is 5.92 Å². The van der Waals surface area contributed by atoms with Gasteiger partial charge in [0.1, 0.15) is 11.8 Å². The van der Waals surface area contributed by atoms with Gasteiger partial charge in [0.05, 0.1) is 17.8 Å². The molecule has 1 fully saturated rings. The SMILES string of the molecule is CC(OC(=O)C1CCN(C(=O)c2ccc(C(F)(F)F)cc2)CC1)C(=O)Nc1ncnc2nc[nH]c12. The lowest BCUT2D eigenvalue weighted by molar-refractivity contribution is -0.158. The van der Waals surface area contributed by atoms with Crippen molar-refractivity contribution in [1.82, 2.24) is 24.8 Å². The van der Waals surface area contributed by atoms with Crippen molar-refractivity contribution in [2.45, 2.75) is 32.0 Å². The summed E-state index contributed by atoms with van der Waals surface area (Å²) >= 11 is 0. The van der Waals surface area contributed by atoms with E-state index in [4.69, 9.17) is 4.74 Å². The van der Waals surface area contributed by atoms with Crippen molar-refractivity contribution in [1.29, 1.82) is 0 Å². The van der Waals surface area contributed by atoms with E-state index in [9.17, 15) is 27.6 Å². The highest BCUT2D eigenvalue weighted by atomic mass is 19.4. The van der Waals surface area contributed by atoms with E-state index in [1.165, 1.54) is 24.5 Å². The van der Waals surface area contributed by atoms with Crippen molar-refractivity contribution >= 4 is 34.8 Å². The topological polar surface area (TPSA) is 130 Å². The van der Waals surface area contributed by atoms with E-state index in [-0.39, 0.29) is 24.5 Å². The molecule has 4 rings (SSSR count). The molecule has 1 saturated heterocycles. The molecule has 1 aliphatic rings. The average Bonchev–Trinajstić information content (AvgIpc) is 3.33. The van der Waals surface area contributed by atoms with Crippen molar-refractivity contribution in [2.75, 3.05) is 18.4 Å². The molecule has 184 valence electrons. The van der Waals surface area contributed by atoms with Crippen molar-refractivity contribution in [2.24, 2.45) is 5.92 Å². The van der Waals surface area contributed by atoms with Crippen molar-refractivity contribution in [3.05, 3.63) is 48.0 Å². The summed E-state index contributed by atoms with van der Waals surface area (Å²) in [7, 11) is 0. The third-order valence-corrected chi connectivity index (χ3v) is 5.70. The van der Waals surface area contributed by atoms with Gasteiger partial charge in [-0.1, -0.05) is 0 Å². The van der Waals surface area contributed by atoms with Gasteiger partial charge in [0.2, 0.25) is 0 Å². The minimum absolute atomic E-state index is 0.139. The smallest absolute Gasteiger partial charge is 0.416 e. The maximum Gasteiger partial charge on any atom is 0.416 e. The monoisotopic (exact) mass is 490 g/mol. The summed E-state index contributed by atoms with van der Waals surface area (Å²) < 4.78 is 43.5. The number of imidazole rings is 1. The van der Waals surface area contributed by atoms with E-state index < -0.39 is 41.5 Å². The first-order valence-electron chi connectivity index (χ1n) is 10.8. The summed E-state index contributed by atoms with van der Waals surface area (Å²) in [5.41, 5.74) is 0.116. The number of likely N-dealkylation sites (tertiary alicyclic amines) is 1. The summed E-state index contributed by atoms with van der Waals surface area (Å²) in [5.74, 6) is -1.87. The lowest BCUT2D eigenvalue weighted by atomic mass is 9.96. The van der Waals surface area contributed by atoms with Gasteiger partial charge in [-0.15, -0.1) is 0 Å². The van der Waals surface area contributed by atoms with E-state index >= 15 is 0 Å². The molecule has 2 N–H and O–H groups in total. The number of rotatable bonds is 5. The van der Waals surface area contributed by atoms with Gasteiger partial charge in [0.15, 0.2) is 17.6 Å². The number of carbonyl (C=O) groups is 3. The highest BCUT2D eigenvalue weighted by molar-refractivity contribution is 5.99. The number of ether oxygens (including phenoxy) is 1. The number of hydrogen-bond acceptors (Lipinski definition) is 7. The highest BCUT2D eigenvalue weighted by Crippen LogP contribution is 2.29. The standard InChI is InChI=1S/C22H21F3N6O4/c1-12(19(32)30-18-16-17(27-10-26-16)28-11-29-18)35-21(34)14-6-8-31(9-7-14)20(33)13-2-4-15(5-3-13)22(23,24)25/h2-5,10-12,14H,6-9H2,1H3,(H2,26,27,28,29,30,32). The normalized spacial score (nSPS) is 15.6. The molecule has 0 radical (unpaired) electrons.